The molecule has 0 aromatic heterocycles. The summed E-state index contributed by atoms with van der Waals surface area (Å²) in [6.07, 6.45) is -4.01. The number of hydrogen-bond donors (Lipinski definition) is 1. The third-order valence-electron chi connectivity index (χ3n) is 2.81. The Kier molecular flexibility index (Phi) is 5.62. The number of ether oxygens (including phenoxy) is 2. The monoisotopic (exact) mass is 277 g/mol. The van der Waals surface area contributed by atoms with Gasteiger partial charge in [-0.15, -0.1) is 13.2 Å². The highest BCUT2D eigenvalue weighted by Crippen LogP contribution is 2.27. The molecule has 0 radical (unpaired) electrons. The van der Waals surface area contributed by atoms with Crippen LogP contribution < -0.4 is 10.1 Å². The van der Waals surface area contributed by atoms with Crippen LogP contribution in [0, 0.1) is 0 Å². The zero-order valence-electron chi connectivity index (χ0n) is 11.1. The summed E-state index contributed by atoms with van der Waals surface area (Å²) in [5.41, 5.74) is 0.730. The van der Waals surface area contributed by atoms with E-state index in [1.165, 1.54) is 18.2 Å². The maximum absolute atomic E-state index is 12.2. The van der Waals surface area contributed by atoms with Crippen molar-refractivity contribution in [3.8, 4) is 5.75 Å². The maximum atomic E-state index is 12.2. The third kappa shape index (κ3) is 5.48. The van der Waals surface area contributed by atoms with Crippen molar-refractivity contribution in [1.29, 1.82) is 0 Å². The van der Waals surface area contributed by atoms with Gasteiger partial charge < -0.3 is 14.8 Å². The summed E-state index contributed by atoms with van der Waals surface area (Å²) in [6, 6.07) is 5.87. The fourth-order valence-electron chi connectivity index (χ4n) is 1.78. The van der Waals surface area contributed by atoms with Crippen molar-refractivity contribution in [2.24, 2.45) is 0 Å². The lowest BCUT2D eigenvalue weighted by Gasteiger charge is -2.21. The molecular weight excluding hydrogens is 259 g/mol. The molecule has 0 spiro atoms. The van der Waals surface area contributed by atoms with Crippen molar-refractivity contribution in [3.05, 3.63) is 29.8 Å². The van der Waals surface area contributed by atoms with Gasteiger partial charge in [0, 0.05) is 13.2 Å². The summed E-state index contributed by atoms with van der Waals surface area (Å²) < 4.78 is 45.6. The van der Waals surface area contributed by atoms with Crippen LogP contribution in [0.2, 0.25) is 0 Å². The van der Waals surface area contributed by atoms with Gasteiger partial charge in [0.15, 0.2) is 0 Å². The summed E-state index contributed by atoms with van der Waals surface area (Å²) >= 11 is 0. The minimum absolute atomic E-state index is 0.00430. The molecule has 2 unspecified atom stereocenters. The number of benzene rings is 1. The van der Waals surface area contributed by atoms with Crippen molar-refractivity contribution in [1.82, 2.24) is 5.32 Å². The van der Waals surface area contributed by atoms with Gasteiger partial charge in [-0.1, -0.05) is 12.1 Å². The largest absolute Gasteiger partial charge is 0.573 e. The second-order valence-electron chi connectivity index (χ2n) is 4.24. The molecule has 3 nitrogen and oxygen atoms in total. The molecule has 6 heteroatoms. The molecule has 0 aliphatic carbocycles. The summed E-state index contributed by atoms with van der Waals surface area (Å²) in [4.78, 5) is 0. The molecule has 1 aromatic carbocycles. The first-order valence-corrected chi connectivity index (χ1v) is 5.91. The van der Waals surface area contributed by atoms with Crippen LogP contribution in [0.4, 0.5) is 13.2 Å². The highest BCUT2D eigenvalue weighted by Gasteiger charge is 2.31. The van der Waals surface area contributed by atoms with E-state index in [0.717, 1.165) is 5.56 Å². The number of halogens is 3. The first-order valence-electron chi connectivity index (χ1n) is 5.91. The van der Waals surface area contributed by atoms with E-state index < -0.39 is 6.36 Å². The molecule has 0 bridgehead atoms. The highest BCUT2D eigenvalue weighted by molar-refractivity contribution is 5.30. The molecule has 108 valence electrons. The molecule has 19 heavy (non-hydrogen) atoms. The Bertz CT molecular complexity index is 396. The molecule has 0 heterocycles. The number of rotatable bonds is 6. The van der Waals surface area contributed by atoms with Crippen LogP contribution in [-0.2, 0) is 4.74 Å². The Morgan fingerprint density at radius 3 is 2.53 bits per heavy atom. The zero-order chi connectivity index (χ0) is 14.5. The summed E-state index contributed by atoms with van der Waals surface area (Å²) in [5, 5.41) is 3.06. The summed E-state index contributed by atoms with van der Waals surface area (Å²) in [7, 11) is 3.35. The summed E-state index contributed by atoms with van der Waals surface area (Å²) in [5.74, 6) is -0.213. The van der Waals surface area contributed by atoms with Gasteiger partial charge in [0.05, 0.1) is 6.10 Å². The van der Waals surface area contributed by atoms with Gasteiger partial charge in [-0.25, -0.2) is 0 Å². The van der Waals surface area contributed by atoms with Crippen molar-refractivity contribution >= 4 is 0 Å². The van der Waals surface area contributed by atoms with Crippen LogP contribution in [0.3, 0.4) is 0 Å². The number of methoxy groups -OCH3 is 1. The van der Waals surface area contributed by atoms with Crippen LogP contribution in [0.5, 0.6) is 5.75 Å². The lowest BCUT2D eigenvalue weighted by Crippen LogP contribution is -2.22. The van der Waals surface area contributed by atoms with Crippen molar-refractivity contribution in [3.63, 3.8) is 0 Å². The Morgan fingerprint density at radius 2 is 2.00 bits per heavy atom. The third-order valence-corrected chi connectivity index (χ3v) is 2.81. The van der Waals surface area contributed by atoms with Crippen LogP contribution in [0.15, 0.2) is 24.3 Å². The lowest BCUT2D eigenvalue weighted by molar-refractivity contribution is -0.274. The van der Waals surface area contributed by atoms with Crippen LogP contribution in [0.1, 0.15) is 24.9 Å². The lowest BCUT2D eigenvalue weighted by atomic mass is 10.0. The van der Waals surface area contributed by atoms with Gasteiger partial charge in [0.1, 0.15) is 5.75 Å². The van der Waals surface area contributed by atoms with E-state index in [1.807, 2.05) is 6.92 Å². The van der Waals surface area contributed by atoms with Gasteiger partial charge in [-0.2, -0.15) is 0 Å². The van der Waals surface area contributed by atoms with E-state index in [-0.39, 0.29) is 17.9 Å². The number of hydrogen-bond acceptors (Lipinski definition) is 3. The number of alkyl halides is 3. The van der Waals surface area contributed by atoms with Crippen molar-refractivity contribution in [2.75, 3.05) is 14.2 Å². The van der Waals surface area contributed by atoms with E-state index in [4.69, 9.17) is 4.74 Å². The molecule has 0 amide bonds. The fourth-order valence-corrected chi connectivity index (χ4v) is 1.78. The minimum Gasteiger partial charge on any atom is -0.406 e. The van der Waals surface area contributed by atoms with E-state index in [0.29, 0.717) is 6.42 Å². The topological polar surface area (TPSA) is 30.5 Å². The Balaban J connectivity index is 2.84. The smallest absolute Gasteiger partial charge is 0.406 e. The minimum atomic E-state index is -4.67. The average Bonchev–Trinajstić information content (AvgIpc) is 2.33. The predicted octanol–water partition coefficient (Wildman–Crippen LogP) is 3.27. The Morgan fingerprint density at radius 1 is 1.32 bits per heavy atom. The zero-order valence-corrected chi connectivity index (χ0v) is 11.1. The average molecular weight is 277 g/mol. The van der Waals surface area contributed by atoms with Gasteiger partial charge in [0.25, 0.3) is 0 Å². The molecule has 0 saturated heterocycles. The van der Waals surface area contributed by atoms with Crippen LogP contribution in [0.25, 0.3) is 0 Å². The van der Waals surface area contributed by atoms with Gasteiger partial charge >= 0.3 is 6.36 Å². The molecule has 1 N–H and O–H groups in total. The first kappa shape index (κ1) is 15.8. The van der Waals surface area contributed by atoms with Crippen molar-refractivity contribution in [2.45, 2.75) is 31.9 Å². The quantitative estimate of drug-likeness (QED) is 0.865. The highest BCUT2D eigenvalue weighted by atomic mass is 19.4. The molecule has 0 saturated carbocycles. The molecule has 1 aromatic rings. The fraction of sp³-hybridized carbons (Fsp3) is 0.538. The van der Waals surface area contributed by atoms with E-state index in [9.17, 15) is 13.2 Å². The molecule has 0 aliphatic rings. The first-order chi connectivity index (χ1) is 8.85. The van der Waals surface area contributed by atoms with Crippen LogP contribution >= 0.6 is 0 Å². The molecule has 0 fully saturated rings. The van der Waals surface area contributed by atoms with E-state index >= 15 is 0 Å². The second-order valence-corrected chi connectivity index (χ2v) is 4.24. The predicted molar refractivity (Wildman–Crippen MR) is 66.0 cm³/mol. The molecule has 2 atom stereocenters. The van der Waals surface area contributed by atoms with E-state index in [1.54, 1.807) is 20.2 Å². The van der Waals surface area contributed by atoms with Gasteiger partial charge in [-0.3, -0.25) is 0 Å². The van der Waals surface area contributed by atoms with Gasteiger partial charge in [-0.05, 0) is 38.1 Å². The molecule has 0 aliphatic heterocycles. The van der Waals surface area contributed by atoms with Crippen LogP contribution in [-0.4, -0.2) is 26.6 Å². The maximum Gasteiger partial charge on any atom is 0.573 e. The summed E-state index contributed by atoms with van der Waals surface area (Å²) in [6.45, 7) is 1.90. The Labute approximate surface area is 110 Å². The van der Waals surface area contributed by atoms with E-state index in [2.05, 4.69) is 10.1 Å². The Hall–Kier alpha value is -1.27. The number of nitrogens with one attached hydrogen (secondary N) is 1. The van der Waals surface area contributed by atoms with Crippen molar-refractivity contribution < 1.29 is 22.6 Å². The second kappa shape index (κ2) is 6.77. The molecule has 1 rings (SSSR count). The molecular formula is C13H18F3NO2. The SMILES string of the molecule is CNC(CC(C)OC)c1cccc(OC(F)(F)F)c1. The van der Waals surface area contributed by atoms with Gasteiger partial charge in [0.2, 0.25) is 0 Å². The normalized spacial score (nSPS) is 15.1. The standard InChI is InChI=1S/C13H18F3NO2/c1-9(18-3)7-12(17-2)10-5-4-6-11(8-10)19-13(14,15)16/h4-6,8-9,12,17H,7H2,1-3H3.